The highest BCUT2D eigenvalue weighted by Crippen LogP contribution is 2.37. The van der Waals surface area contributed by atoms with Crippen molar-refractivity contribution >= 4 is 45.7 Å². The van der Waals surface area contributed by atoms with E-state index in [1.165, 1.54) is 6.07 Å². The van der Waals surface area contributed by atoms with Gasteiger partial charge in [-0.2, -0.15) is 5.26 Å². The Morgan fingerprint density at radius 1 is 1.24 bits per heavy atom. The fourth-order valence-electron chi connectivity index (χ4n) is 5.37. The van der Waals surface area contributed by atoms with Gasteiger partial charge in [-0.15, -0.1) is 0 Å². The highest BCUT2D eigenvalue weighted by molar-refractivity contribution is 6.35. The molecule has 2 N–H and O–H groups in total. The lowest BCUT2D eigenvalue weighted by atomic mass is 9.93. The van der Waals surface area contributed by atoms with Gasteiger partial charge in [-0.1, -0.05) is 23.2 Å². The van der Waals surface area contributed by atoms with E-state index in [4.69, 9.17) is 28.5 Å². The first-order chi connectivity index (χ1) is 18.2. The molecule has 3 heterocycles. The number of fused-ring (bicyclic) bond motifs is 2. The topological polar surface area (TPSA) is 105 Å². The number of rotatable bonds is 5. The number of likely N-dealkylation sites (tertiary alicyclic amines) is 1. The summed E-state index contributed by atoms with van der Waals surface area (Å²) in [5, 5.41) is 13.2. The monoisotopic (exact) mass is 556 g/mol. The van der Waals surface area contributed by atoms with E-state index >= 15 is 0 Å². The number of nitriles is 1. The van der Waals surface area contributed by atoms with Gasteiger partial charge in [-0.25, -0.2) is 9.37 Å². The Kier molecular flexibility index (Phi) is 7.57. The molecular weight excluding hydrogens is 530 g/mol. The quantitative estimate of drug-likeness (QED) is 0.473. The molecule has 1 aromatic heterocycles. The van der Waals surface area contributed by atoms with Crippen LogP contribution in [0.5, 0.6) is 0 Å². The normalized spacial score (nSPS) is 18.3. The summed E-state index contributed by atoms with van der Waals surface area (Å²) >= 11 is 12.6. The van der Waals surface area contributed by atoms with Gasteiger partial charge in [-0.3, -0.25) is 14.5 Å². The number of aromatic nitrogens is 2. The fraction of sp³-hybridized carbons (Fsp3) is 0.407. The van der Waals surface area contributed by atoms with Crippen molar-refractivity contribution in [2.75, 3.05) is 31.5 Å². The third kappa shape index (κ3) is 5.35. The Labute approximate surface area is 229 Å². The number of anilines is 1. The van der Waals surface area contributed by atoms with Gasteiger partial charge in [-0.05, 0) is 74.7 Å². The van der Waals surface area contributed by atoms with E-state index in [2.05, 4.69) is 26.3 Å². The number of hydrogen-bond acceptors (Lipinski definition) is 6. The van der Waals surface area contributed by atoms with Gasteiger partial charge in [0.1, 0.15) is 11.6 Å². The molecule has 2 aromatic carbocycles. The lowest BCUT2D eigenvalue weighted by Crippen LogP contribution is -2.42. The Hall–Kier alpha value is -3.19. The predicted octanol–water partition coefficient (Wildman–Crippen LogP) is 4.66. The van der Waals surface area contributed by atoms with Crippen LogP contribution < -0.4 is 10.9 Å². The largest absolute Gasteiger partial charge is 0.374 e. The van der Waals surface area contributed by atoms with Crippen LogP contribution in [0.2, 0.25) is 10.0 Å². The van der Waals surface area contributed by atoms with Crippen LogP contribution >= 0.6 is 23.2 Å². The number of carbonyl (C=O) groups is 1. The summed E-state index contributed by atoms with van der Waals surface area (Å²) in [5.41, 5.74) is 1.92. The highest BCUT2D eigenvalue weighted by Gasteiger charge is 2.29. The zero-order chi connectivity index (χ0) is 27.0. The van der Waals surface area contributed by atoms with E-state index in [0.717, 1.165) is 43.1 Å². The molecule has 38 heavy (non-hydrogen) atoms. The number of nitrogens with one attached hydrogen (secondary N) is 2. The molecule has 2 aliphatic heterocycles. The number of carbonyl (C=O) groups excluding carboxylic acids is 1. The smallest absolute Gasteiger partial charge is 0.258 e. The van der Waals surface area contributed by atoms with Crippen LogP contribution in [0.4, 0.5) is 10.1 Å². The Balaban J connectivity index is 1.30. The van der Waals surface area contributed by atoms with Crippen LogP contribution in [0.3, 0.4) is 0 Å². The molecule has 0 saturated carbocycles. The van der Waals surface area contributed by atoms with Crippen molar-refractivity contribution in [2.45, 2.75) is 38.8 Å². The average Bonchev–Trinajstić information content (AvgIpc) is 2.88. The van der Waals surface area contributed by atoms with Gasteiger partial charge >= 0.3 is 0 Å². The van der Waals surface area contributed by atoms with E-state index < -0.39 is 11.4 Å². The molecular formula is C27H27Cl2FN6O2. The van der Waals surface area contributed by atoms with E-state index in [1.807, 2.05) is 13.0 Å². The number of H-pyrrole nitrogens is 1. The molecule has 11 heteroatoms. The van der Waals surface area contributed by atoms with E-state index in [1.54, 1.807) is 11.0 Å². The number of amides is 1. The number of halogens is 3. The first-order valence-electron chi connectivity index (χ1n) is 12.6. The van der Waals surface area contributed by atoms with Crippen molar-refractivity contribution in [1.29, 1.82) is 5.26 Å². The average molecular weight is 557 g/mol. The second kappa shape index (κ2) is 10.9. The van der Waals surface area contributed by atoms with E-state index in [0.29, 0.717) is 40.9 Å². The van der Waals surface area contributed by atoms with Crippen molar-refractivity contribution in [3.05, 3.63) is 67.4 Å². The number of nitrogens with zero attached hydrogens (tertiary/aromatic N) is 4. The molecule has 0 spiro atoms. The van der Waals surface area contributed by atoms with Gasteiger partial charge in [0.05, 0.1) is 41.8 Å². The maximum absolute atomic E-state index is 14.9. The third-order valence-corrected chi connectivity index (χ3v) is 7.96. The minimum absolute atomic E-state index is 0.0623. The summed E-state index contributed by atoms with van der Waals surface area (Å²) in [7, 11) is 0. The number of aromatic amines is 1. The summed E-state index contributed by atoms with van der Waals surface area (Å²) in [5.74, 6) is -0.302. The number of benzene rings is 2. The van der Waals surface area contributed by atoms with Gasteiger partial charge in [0.25, 0.3) is 5.56 Å². The van der Waals surface area contributed by atoms with Crippen LogP contribution in [0.1, 0.15) is 42.8 Å². The molecule has 1 atom stereocenters. The fourth-order valence-corrected chi connectivity index (χ4v) is 6.06. The molecule has 0 aliphatic carbocycles. The second-order valence-corrected chi connectivity index (χ2v) is 10.7. The van der Waals surface area contributed by atoms with E-state index in [-0.39, 0.29) is 35.5 Å². The summed E-state index contributed by atoms with van der Waals surface area (Å²) in [6, 6.07) is 8.21. The minimum atomic E-state index is -0.640. The molecule has 3 aromatic rings. The Bertz CT molecular complexity index is 1500. The maximum Gasteiger partial charge on any atom is 0.258 e. The molecule has 0 radical (unpaired) electrons. The molecule has 0 bridgehead atoms. The molecule has 5 rings (SSSR count). The van der Waals surface area contributed by atoms with Gasteiger partial charge < -0.3 is 15.2 Å². The van der Waals surface area contributed by atoms with E-state index in [9.17, 15) is 14.0 Å². The zero-order valence-corrected chi connectivity index (χ0v) is 22.4. The highest BCUT2D eigenvalue weighted by atomic mass is 35.5. The van der Waals surface area contributed by atoms with Crippen LogP contribution in [0.15, 0.2) is 29.1 Å². The Morgan fingerprint density at radius 3 is 2.74 bits per heavy atom. The molecule has 1 fully saturated rings. The lowest BCUT2D eigenvalue weighted by Gasteiger charge is -2.36. The summed E-state index contributed by atoms with van der Waals surface area (Å²) in [6.45, 7) is 4.21. The summed E-state index contributed by atoms with van der Waals surface area (Å²) in [4.78, 5) is 36.9. The molecule has 8 nitrogen and oxygen atoms in total. The molecule has 1 saturated heterocycles. The number of piperidine rings is 1. The van der Waals surface area contributed by atoms with Crippen molar-refractivity contribution in [1.82, 2.24) is 19.8 Å². The standard InChI is InChI=1S/C27H27Cl2FN6O2/c1-15-26-17(8-18(28)9-20(26)29)4-7-36(15)25(37)13-32-23-11-22-19(10-21(23)30)27(38)34-24(33-22)14-35-5-2-16(12-31)3-6-35/h8-11,15-16,32H,2-7,13-14H2,1H3,(H,33,34,38). The third-order valence-electron chi connectivity index (χ3n) is 7.42. The first kappa shape index (κ1) is 26.4. The van der Waals surface area contributed by atoms with Gasteiger partial charge in [0.2, 0.25) is 5.91 Å². The van der Waals surface area contributed by atoms with Crippen molar-refractivity contribution in [3.63, 3.8) is 0 Å². The van der Waals surface area contributed by atoms with Crippen LogP contribution in [-0.2, 0) is 17.8 Å². The van der Waals surface area contributed by atoms with Gasteiger partial charge in [0, 0.05) is 22.5 Å². The molecule has 198 valence electrons. The molecule has 2 aliphatic rings. The second-order valence-electron chi connectivity index (χ2n) is 9.87. The van der Waals surface area contributed by atoms with Gasteiger partial charge in [0.15, 0.2) is 0 Å². The summed E-state index contributed by atoms with van der Waals surface area (Å²) < 4.78 is 14.9. The molecule has 1 amide bonds. The number of hydrogen-bond donors (Lipinski definition) is 2. The summed E-state index contributed by atoms with van der Waals surface area (Å²) in [6.07, 6.45) is 2.19. The zero-order valence-electron chi connectivity index (χ0n) is 20.9. The van der Waals surface area contributed by atoms with Crippen LogP contribution in [0.25, 0.3) is 10.9 Å². The SMILES string of the molecule is CC1c2c(Cl)cc(Cl)cc2CCN1C(=O)CNc1cc2nc(CN3CCC(C#N)CC3)[nH]c(=O)c2cc1F. The van der Waals surface area contributed by atoms with Crippen molar-refractivity contribution in [2.24, 2.45) is 5.92 Å². The van der Waals surface area contributed by atoms with Crippen molar-refractivity contribution < 1.29 is 9.18 Å². The molecule has 1 unspecified atom stereocenters. The first-order valence-corrected chi connectivity index (χ1v) is 13.3. The predicted molar refractivity (Wildman–Crippen MR) is 145 cm³/mol. The Morgan fingerprint density at radius 2 is 2.00 bits per heavy atom. The lowest BCUT2D eigenvalue weighted by molar-refractivity contribution is -0.131. The van der Waals surface area contributed by atoms with Crippen molar-refractivity contribution in [3.8, 4) is 6.07 Å². The van der Waals surface area contributed by atoms with Crippen LogP contribution in [-0.4, -0.2) is 51.9 Å². The van der Waals surface area contributed by atoms with Crippen LogP contribution in [0, 0.1) is 23.1 Å². The minimum Gasteiger partial charge on any atom is -0.374 e. The maximum atomic E-state index is 14.9.